The molecular formula is C12H14CuN2O2. The fraction of sp³-hybridized carbons (Fsp3) is 0.0833. The maximum atomic E-state index is 9.00. The van der Waals surface area contributed by atoms with E-state index >= 15 is 0 Å². The van der Waals surface area contributed by atoms with E-state index in [1.54, 1.807) is 24.8 Å². The summed E-state index contributed by atoms with van der Waals surface area (Å²) in [6.45, 7) is 1.08. The molecule has 2 aromatic heterocycles. The van der Waals surface area contributed by atoms with Crippen LogP contribution in [0.1, 0.15) is 6.92 Å². The molecule has 0 aliphatic heterocycles. The smallest absolute Gasteiger partial charge is 0.300 e. The van der Waals surface area contributed by atoms with Crippen molar-refractivity contribution < 1.29 is 27.0 Å². The molecule has 17 heavy (non-hydrogen) atoms. The molecule has 2 rings (SSSR count). The third-order valence-electron chi connectivity index (χ3n) is 1.13. The van der Waals surface area contributed by atoms with E-state index in [2.05, 4.69) is 9.97 Å². The van der Waals surface area contributed by atoms with Crippen LogP contribution in [0.25, 0.3) is 0 Å². The van der Waals surface area contributed by atoms with Gasteiger partial charge in [0.2, 0.25) is 0 Å². The normalized spacial score (nSPS) is 7.12. The Morgan fingerprint density at radius 3 is 1.12 bits per heavy atom. The topological polar surface area (TPSA) is 63.1 Å². The Labute approximate surface area is 111 Å². The number of carbonyl (C=O) groups is 1. The van der Waals surface area contributed by atoms with E-state index in [1.165, 1.54) is 0 Å². The van der Waals surface area contributed by atoms with Gasteiger partial charge in [-0.25, -0.2) is 0 Å². The summed E-state index contributed by atoms with van der Waals surface area (Å²) in [5, 5.41) is 7.42. The molecule has 0 fully saturated rings. The fourth-order valence-corrected chi connectivity index (χ4v) is 0.625. The van der Waals surface area contributed by atoms with E-state index in [0.717, 1.165) is 6.92 Å². The molecule has 1 radical (unpaired) electrons. The first-order valence-corrected chi connectivity index (χ1v) is 4.63. The zero-order valence-electron chi connectivity index (χ0n) is 9.32. The van der Waals surface area contributed by atoms with Gasteiger partial charge in [-0.1, -0.05) is 12.1 Å². The van der Waals surface area contributed by atoms with Crippen molar-refractivity contribution in [3.05, 3.63) is 61.2 Å². The molecule has 0 saturated heterocycles. The summed E-state index contributed by atoms with van der Waals surface area (Å²) in [6, 6.07) is 11.4. The number of nitrogens with zero attached hydrogens (tertiary/aromatic N) is 2. The van der Waals surface area contributed by atoms with Gasteiger partial charge in [0, 0.05) is 48.8 Å². The van der Waals surface area contributed by atoms with Crippen LogP contribution < -0.4 is 0 Å². The molecule has 5 heteroatoms. The molecule has 0 spiro atoms. The molecule has 0 unspecified atom stereocenters. The zero-order chi connectivity index (χ0) is 12.1. The first-order valence-electron chi connectivity index (χ1n) is 4.63. The molecule has 0 amide bonds. The quantitative estimate of drug-likeness (QED) is 0.753. The van der Waals surface area contributed by atoms with Crippen LogP contribution in [-0.4, -0.2) is 21.0 Å². The number of hydrogen-bond donors (Lipinski definition) is 1. The van der Waals surface area contributed by atoms with E-state index in [9.17, 15) is 0 Å². The van der Waals surface area contributed by atoms with Crippen LogP contribution >= 0.6 is 0 Å². The summed E-state index contributed by atoms with van der Waals surface area (Å²) in [5.74, 6) is -0.833. The summed E-state index contributed by atoms with van der Waals surface area (Å²) in [6.07, 6.45) is 7.00. The van der Waals surface area contributed by atoms with Crippen LogP contribution in [0.5, 0.6) is 0 Å². The number of rotatable bonds is 0. The molecule has 0 bridgehead atoms. The van der Waals surface area contributed by atoms with Gasteiger partial charge in [-0.05, 0) is 24.3 Å². The van der Waals surface area contributed by atoms with Crippen molar-refractivity contribution in [3.63, 3.8) is 0 Å². The first-order chi connectivity index (χ1) is 7.73. The van der Waals surface area contributed by atoms with Crippen molar-refractivity contribution in [2.45, 2.75) is 6.92 Å². The maximum Gasteiger partial charge on any atom is 0.300 e. The van der Waals surface area contributed by atoms with Crippen LogP contribution in [0.2, 0.25) is 0 Å². The molecule has 0 atom stereocenters. The van der Waals surface area contributed by atoms with Gasteiger partial charge in [-0.3, -0.25) is 14.8 Å². The maximum absolute atomic E-state index is 9.00. The van der Waals surface area contributed by atoms with E-state index in [0.29, 0.717) is 0 Å². The van der Waals surface area contributed by atoms with Gasteiger partial charge in [-0.2, -0.15) is 0 Å². The van der Waals surface area contributed by atoms with Gasteiger partial charge in [-0.15, -0.1) is 0 Å². The molecule has 0 aliphatic rings. The Kier molecular flexibility index (Phi) is 14.9. The van der Waals surface area contributed by atoms with Crippen LogP contribution in [0.3, 0.4) is 0 Å². The molecule has 0 aliphatic carbocycles. The molecule has 2 heterocycles. The average molecular weight is 282 g/mol. The minimum atomic E-state index is -0.833. The van der Waals surface area contributed by atoms with Crippen molar-refractivity contribution in [1.29, 1.82) is 0 Å². The molecule has 95 valence electrons. The van der Waals surface area contributed by atoms with Gasteiger partial charge in [0.15, 0.2) is 0 Å². The second-order valence-corrected chi connectivity index (χ2v) is 2.57. The Balaban J connectivity index is 0. The zero-order valence-corrected chi connectivity index (χ0v) is 10.3. The fourth-order valence-electron chi connectivity index (χ4n) is 0.625. The molecular weight excluding hydrogens is 268 g/mol. The summed E-state index contributed by atoms with van der Waals surface area (Å²) < 4.78 is 0. The number of hydrogen-bond acceptors (Lipinski definition) is 3. The Bertz CT molecular complexity index is 268. The summed E-state index contributed by atoms with van der Waals surface area (Å²) in [7, 11) is 0. The van der Waals surface area contributed by atoms with Gasteiger partial charge < -0.3 is 5.11 Å². The summed E-state index contributed by atoms with van der Waals surface area (Å²) in [5.41, 5.74) is 0. The Morgan fingerprint density at radius 2 is 1.06 bits per heavy atom. The molecule has 4 nitrogen and oxygen atoms in total. The number of aliphatic carboxylic acids is 1. The van der Waals surface area contributed by atoms with Crippen LogP contribution in [0.4, 0.5) is 0 Å². The van der Waals surface area contributed by atoms with E-state index in [1.807, 2.05) is 36.4 Å². The molecule has 1 N–H and O–H groups in total. The predicted octanol–water partition coefficient (Wildman–Crippen LogP) is 2.25. The Morgan fingerprint density at radius 1 is 0.824 bits per heavy atom. The summed E-state index contributed by atoms with van der Waals surface area (Å²) in [4.78, 5) is 16.6. The van der Waals surface area contributed by atoms with Gasteiger partial charge in [0.1, 0.15) is 0 Å². The van der Waals surface area contributed by atoms with Crippen molar-refractivity contribution in [2.24, 2.45) is 0 Å². The third kappa shape index (κ3) is 20.4. The predicted molar refractivity (Wildman–Crippen MR) is 61.8 cm³/mol. The minimum absolute atomic E-state index is 0. The molecule has 0 aromatic carbocycles. The number of pyridine rings is 2. The van der Waals surface area contributed by atoms with E-state index in [4.69, 9.17) is 9.90 Å². The largest absolute Gasteiger partial charge is 0.481 e. The molecule has 0 saturated carbocycles. The van der Waals surface area contributed by atoms with Crippen molar-refractivity contribution in [2.75, 3.05) is 0 Å². The average Bonchev–Trinajstić information content (AvgIpc) is 2.34. The van der Waals surface area contributed by atoms with E-state index in [-0.39, 0.29) is 17.1 Å². The van der Waals surface area contributed by atoms with Crippen LogP contribution in [-0.2, 0) is 21.9 Å². The standard InChI is InChI=1S/2C5H5N.C2H4O2.Cu/c2*1-2-4-6-5-3-1;1-2(3)4;/h2*1-5H;1H3,(H,3,4);. The van der Waals surface area contributed by atoms with Gasteiger partial charge >= 0.3 is 0 Å². The monoisotopic (exact) mass is 281 g/mol. The van der Waals surface area contributed by atoms with E-state index < -0.39 is 5.97 Å². The number of aromatic nitrogens is 2. The second kappa shape index (κ2) is 14.3. The summed E-state index contributed by atoms with van der Waals surface area (Å²) >= 11 is 0. The van der Waals surface area contributed by atoms with Crippen molar-refractivity contribution in [1.82, 2.24) is 9.97 Å². The van der Waals surface area contributed by atoms with Crippen LogP contribution in [0.15, 0.2) is 61.2 Å². The van der Waals surface area contributed by atoms with Crippen molar-refractivity contribution in [3.8, 4) is 0 Å². The SMILES string of the molecule is CC(=O)O.[Cu].c1ccncc1.c1ccncc1. The molecule has 2 aromatic rings. The van der Waals surface area contributed by atoms with Crippen LogP contribution in [0, 0.1) is 0 Å². The first kappa shape index (κ1) is 17.7. The van der Waals surface area contributed by atoms with Gasteiger partial charge in [0.05, 0.1) is 0 Å². The van der Waals surface area contributed by atoms with Crippen molar-refractivity contribution >= 4 is 5.97 Å². The van der Waals surface area contributed by atoms with Gasteiger partial charge in [0.25, 0.3) is 5.97 Å². The number of carboxylic acid groups (broad SMARTS) is 1. The minimum Gasteiger partial charge on any atom is -0.481 e. The third-order valence-corrected chi connectivity index (χ3v) is 1.13. The Hall–Kier alpha value is -1.71. The number of carboxylic acids is 1. The second-order valence-electron chi connectivity index (χ2n) is 2.57.